The molecule has 1 aromatic carbocycles. The fraction of sp³-hybridized carbons (Fsp3) is 0.588. The number of ether oxygens (including phenoxy) is 1. The third kappa shape index (κ3) is 3.05. The zero-order chi connectivity index (χ0) is 15.8. The van der Waals surface area contributed by atoms with Gasteiger partial charge in [0.25, 0.3) is 5.91 Å². The average Bonchev–Trinajstić information content (AvgIpc) is 2.39. The minimum Gasteiger partial charge on any atom is -0.478 e. The first-order chi connectivity index (χ1) is 9.75. The van der Waals surface area contributed by atoms with Crippen molar-refractivity contribution in [2.24, 2.45) is 11.7 Å². The van der Waals surface area contributed by atoms with Crippen molar-refractivity contribution in [3.05, 3.63) is 23.8 Å². The molecule has 1 unspecified atom stereocenters. The molecule has 1 aliphatic rings. The number of rotatable bonds is 3. The summed E-state index contributed by atoms with van der Waals surface area (Å²) in [7, 11) is 0. The van der Waals surface area contributed by atoms with E-state index in [0.717, 1.165) is 11.4 Å². The summed E-state index contributed by atoms with van der Waals surface area (Å²) in [6.45, 7) is 11.4. The number of nitrogens with two attached hydrogens (primary N) is 1. The Morgan fingerprint density at radius 1 is 1.33 bits per heavy atom. The Kier molecular flexibility index (Phi) is 4.28. The number of hydrogen-bond donors (Lipinski definition) is 1. The van der Waals surface area contributed by atoms with Crippen molar-refractivity contribution in [3.8, 4) is 5.75 Å². The predicted octanol–water partition coefficient (Wildman–Crippen LogP) is 2.69. The van der Waals surface area contributed by atoms with Crippen molar-refractivity contribution >= 4 is 11.6 Å². The van der Waals surface area contributed by atoms with Crippen molar-refractivity contribution < 1.29 is 9.53 Å². The van der Waals surface area contributed by atoms with Gasteiger partial charge >= 0.3 is 0 Å². The minimum atomic E-state index is -0.426. The van der Waals surface area contributed by atoms with Crippen LogP contribution < -0.4 is 15.4 Å². The molecule has 0 radical (unpaired) electrons. The number of carbonyl (C=O) groups is 1. The fourth-order valence-electron chi connectivity index (χ4n) is 2.53. The fourth-order valence-corrected chi connectivity index (χ4v) is 2.53. The van der Waals surface area contributed by atoms with Crippen LogP contribution in [-0.4, -0.2) is 25.1 Å². The molecule has 4 heteroatoms. The molecule has 0 bridgehead atoms. The lowest BCUT2D eigenvalue weighted by molar-refractivity contribution is -0.128. The van der Waals surface area contributed by atoms with Gasteiger partial charge in [-0.3, -0.25) is 4.79 Å². The maximum Gasteiger partial charge on any atom is 0.268 e. The second-order valence-electron chi connectivity index (χ2n) is 6.99. The summed E-state index contributed by atoms with van der Waals surface area (Å²) in [6, 6.07) is 6.10. The summed E-state index contributed by atoms with van der Waals surface area (Å²) in [4.78, 5) is 14.4. The van der Waals surface area contributed by atoms with Crippen LogP contribution in [0, 0.1) is 5.92 Å². The molecule has 1 atom stereocenters. The highest BCUT2D eigenvalue weighted by atomic mass is 16.5. The van der Waals surface area contributed by atoms with Crippen LogP contribution >= 0.6 is 0 Å². The van der Waals surface area contributed by atoms with Gasteiger partial charge in [0, 0.05) is 13.1 Å². The van der Waals surface area contributed by atoms with E-state index in [9.17, 15) is 4.79 Å². The van der Waals surface area contributed by atoms with Gasteiger partial charge in [-0.2, -0.15) is 0 Å². The molecule has 0 saturated carbocycles. The molecule has 0 aromatic heterocycles. The van der Waals surface area contributed by atoms with E-state index in [1.165, 1.54) is 5.56 Å². The maximum absolute atomic E-state index is 12.6. The molecule has 0 saturated heterocycles. The second-order valence-corrected chi connectivity index (χ2v) is 6.99. The molecule has 1 aliphatic heterocycles. The topological polar surface area (TPSA) is 55.6 Å². The average molecular weight is 290 g/mol. The van der Waals surface area contributed by atoms with Crippen molar-refractivity contribution in [2.75, 3.05) is 18.0 Å². The van der Waals surface area contributed by atoms with E-state index in [-0.39, 0.29) is 17.2 Å². The monoisotopic (exact) mass is 290 g/mol. The molecule has 1 amide bonds. The number of benzene rings is 1. The number of amides is 1. The number of nitrogens with zero attached hydrogens (tertiary/aromatic N) is 1. The molecular weight excluding hydrogens is 264 g/mol. The third-order valence-electron chi connectivity index (χ3n) is 3.84. The third-order valence-corrected chi connectivity index (χ3v) is 3.84. The number of fused-ring (bicyclic) bond motifs is 1. The summed E-state index contributed by atoms with van der Waals surface area (Å²) in [6.07, 6.45) is -0.426. The van der Waals surface area contributed by atoms with Gasteiger partial charge in [0.2, 0.25) is 0 Å². The lowest BCUT2D eigenvalue weighted by atomic mass is 9.86. The molecule has 1 heterocycles. The van der Waals surface area contributed by atoms with E-state index in [1.807, 2.05) is 19.9 Å². The lowest BCUT2D eigenvalue weighted by Gasteiger charge is -2.36. The van der Waals surface area contributed by atoms with Gasteiger partial charge < -0.3 is 15.4 Å². The first-order valence-corrected chi connectivity index (χ1v) is 7.58. The first kappa shape index (κ1) is 15.8. The van der Waals surface area contributed by atoms with E-state index in [2.05, 4.69) is 32.9 Å². The summed E-state index contributed by atoms with van der Waals surface area (Å²) >= 11 is 0. The Hall–Kier alpha value is -1.55. The second kappa shape index (κ2) is 5.68. The minimum absolute atomic E-state index is 0.00834. The highest BCUT2D eigenvalue weighted by Gasteiger charge is 2.36. The molecule has 0 fully saturated rings. The highest BCUT2D eigenvalue weighted by molar-refractivity contribution is 6.00. The van der Waals surface area contributed by atoms with E-state index < -0.39 is 6.10 Å². The van der Waals surface area contributed by atoms with Gasteiger partial charge in [-0.15, -0.1) is 0 Å². The quantitative estimate of drug-likeness (QED) is 0.931. The van der Waals surface area contributed by atoms with E-state index in [1.54, 1.807) is 4.90 Å². The van der Waals surface area contributed by atoms with Gasteiger partial charge in [-0.05, 0) is 29.0 Å². The summed E-state index contributed by atoms with van der Waals surface area (Å²) < 4.78 is 5.92. The number of carbonyl (C=O) groups excluding carboxylic acids is 1. The van der Waals surface area contributed by atoms with Crippen LogP contribution in [-0.2, 0) is 10.2 Å². The van der Waals surface area contributed by atoms with Crippen LogP contribution in [0.25, 0.3) is 0 Å². The van der Waals surface area contributed by atoms with Crippen molar-refractivity contribution in [1.82, 2.24) is 0 Å². The Labute approximate surface area is 127 Å². The molecule has 0 aliphatic carbocycles. The van der Waals surface area contributed by atoms with Gasteiger partial charge in [0.05, 0.1) is 5.69 Å². The van der Waals surface area contributed by atoms with E-state index in [4.69, 9.17) is 10.5 Å². The molecule has 2 N–H and O–H groups in total. The van der Waals surface area contributed by atoms with Crippen molar-refractivity contribution in [3.63, 3.8) is 0 Å². The van der Waals surface area contributed by atoms with Crippen LogP contribution in [0.3, 0.4) is 0 Å². The molecule has 1 aromatic rings. The molecule has 4 nitrogen and oxygen atoms in total. The molecule has 0 spiro atoms. The largest absolute Gasteiger partial charge is 0.478 e. The number of hydrogen-bond acceptors (Lipinski definition) is 3. The maximum atomic E-state index is 12.6. The smallest absolute Gasteiger partial charge is 0.268 e. The van der Waals surface area contributed by atoms with E-state index >= 15 is 0 Å². The molecule has 2 rings (SSSR count). The molecule has 116 valence electrons. The van der Waals surface area contributed by atoms with Crippen molar-refractivity contribution in [1.29, 1.82) is 0 Å². The van der Waals surface area contributed by atoms with E-state index in [0.29, 0.717) is 13.1 Å². The van der Waals surface area contributed by atoms with Crippen molar-refractivity contribution in [2.45, 2.75) is 46.1 Å². The Bertz CT molecular complexity index is 532. The zero-order valence-electron chi connectivity index (χ0n) is 13.6. The summed E-state index contributed by atoms with van der Waals surface area (Å²) in [5, 5.41) is 0. The van der Waals surface area contributed by atoms with Crippen LogP contribution in [0.2, 0.25) is 0 Å². The summed E-state index contributed by atoms with van der Waals surface area (Å²) in [5.74, 6) is 0.914. The van der Waals surface area contributed by atoms with Gasteiger partial charge in [-0.1, -0.05) is 40.7 Å². The SMILES string of the molecule is CC(C)C1Oc2ccc(C(C)(C)C)cc2N(CCN)C1=O. The van der Waals surface area contributed by atoms with Gasteiger partial charge in [-0.25, -0.2) is 0 Å². The number of anilines is 1. The van der Waals surface area contributed by atoms with Gasteiger partial charge in [0.1, 0.15) is 5.75 Å². The zero-order valence-corrected chi connectivity index (χ0v) is 13.6. The standard InChI is InChI=1S/C17H26N2O2/c1-11(2)15-16(20)19(9-8-18)13-10-12(17(3,4)5)6-7-14(13)21-15/h6-7,10-11,15H,8-9,18H2,1-5H3. The van der Waals surface area contributed by atoms with Crippen LogP contribution in [0.15, 0.2) is 18.2 Å². The highest BCUT2D eigenvalue weighted by Crippen LogP contribution is 2.38. The first-order valence-electron chi connectivity index (χ1n) is 7.58. The summed E-state index contributed by atoms with van der Waals surface area (Å²) in [5.41, 5.74) is 7.74. The Morgan fingerprint density at radius 2 is 2.00 bits per heavy atom. The van der Waals surface area contributed by atoms with Crippen LogP contribution in [0.1, 0.15) is 40.2 Å². The Morgan fingerprint density at radius 3 is 2.52 bits per heavy atom. The molecular formula is C17H26N2O2. The normalized spacial score (nSPS) is 18.7. The van der Waals surface area contributed by atoms with Crippen LogP contribution in [0.5, 0.6) is 5.75 Å². The lowest BCUT2D eigenvalue weighted by Crippen LogP contribution is -2.50. The molecule has 21 heavy (non-hydrogen) atoms. The Balaban J connectivity index is 2.49. The predicted molar refractivity (Wildman–Crippen MR) is 85.8 cm³/mol. The van der Waals surface area contributed by atoms with Gasteiger partial charge in [0.15, 0.2) is 6.10 Å². The van der Waals surface area contributed by atoms with Crippen LogP contribution in [0.4, 0.5) is 5.69 Å².